The van der Waals surface area contributed by atoms with Crippen LogP contribution in [0.25, 0.3) is 16.7 Å². The second kappa shape index (κ2) is 16.3. The molecule has 296 valence electrons. The summed E-state index contributed by atoms with van der Waals surface area (Å²) in [6.07, 6.45) is -14.7. The maximum atomic E-state index is 12.9. The lowest BCUT2D eigenvalue weighted by atomic mass is 9.92. The number of benzene rings is 6. The zero-order chi connectivity index (χ0) is 41.8. The van der Waals surface area contributed by atoms with Gasteiger partial charge in [-0.1, -0.05) is 111 Å². The van der Waals surface area contributed by atoms with Crippen molar-refractivity contribution in [3.05, 3.63) is 199 Å². The first-order chi connectivity index (χ1) is 27.4. The number of alkyl halides is 9. The van der Waals surface area contributed by atoms with Gasteiger partial charge in [-0.05, 0) is 88.0 Å². The predicted molar refractivity (Wildman–Crippen MR) is 205 cm³/mol. The number of rotatable bonds is 12. The number of hydrogen-bond acceptors (Lipinski definition) is 4. The molecule has 0 aliphatic heterocycles. The van der Waals surface area contributed by atoms with Crippen LogP contribution in [-0.2, 0) is 0 Å². The van der Waals surface area contributed by atoms with Crippen molar-refractivity contribution in [3.8, 4) is 17.2 Å². The Morgan fingerprint density at radius 1 is 0.345 bits per heavy atom. The van der Waals surface area contributed by atoms with Gasteiger partial charge in [-0.2, -0.15) is 0 Å². The molecular formula is C45H30F9NO3. The highest BCUT2D eigenvalue weighted by Crippen LogP contribution is 2.46. The zero-order valence-corrected chi connectivity index (χ0v) is 30.1. The third-order valence-electron chi connectivity index (χ3n) is 8.72. The van der Waals surface area contributed by atoms with Gasteiger partial charge >= 0.3 is 19.1 Å². The fourth-order valence-corrected chi connectivity index (χ4v) is 6.20. The van der Waals surface area contributed by atoms with Gasteiger partial charge in [0.2, 0.25) is 0 Å². The first-order valence-electron chi connectivity index (χ1n) is 17.1. The molecule has 0 fully saturated rings. The molecule has 0 radical (unpaired) electrons. The van der Waals surface area contributed by atoms with Gasteiger partial charge in [0.15, 0.2) is 0 Å². The minimum absolute atomic E-state index is 0.421. The molecule has 0 aliphatic rings. The van der Waals surface area contributed by atoms with Crippen molar-refractivity contribution in [2.45, 2.75) is 19.1 Å². The standard InChI is InChI=1S/C45H30F9NO3/c1-28(31-16-22-34(23-17-31)56-43(46,47)48)37-10-4-7-13-40(37)55(41-14-8-5-11-38(41)29(2)32-18-24-35(25-19-32)57-44(49,50)51)42-15-9-6-12-39(42)30(3)33-20-26-36(27-21-33)58-45(52,53)54/h4-27H,1-3H2. The molecule has 0 saturated carbocycles. The average Bonchev–Trinajstić information content (AvgIpc) is 3.17. The summed E-state index contributed by atoms with van der Waals surface area (Å²) < 4.78 is 129. The lowest BCUT2D eigenvalue weighted by Gasteiger charge is -2.32. The maximum Gasteiger partial charge on any atom is 0.573 e. The van der Waals surface area contributed by atoms with Gasteiger partial charge in [-0.25, -0.2) is 0 Å². The average molecular weight is 804 g/mol. The predicted octanol–water partition coefficient (Wildman–Crippen LogP) is 14.0. The van der Waals surface area contributed by atoms with Crippen LogP contribution < -0.4 is 19.1 Å². The van der Waals surface area contributed by atoms with E-state index in [0.717, 1.165) is 0 Å². The highest BCUT2D eigenvalue weighted by molar-refractivity contribution is 5.98. The Labute approximate surface area is 327 Å². The van der Waals surface area contributed by atoms with E-state index in [4.69, 9.17) is 0 Å². The molecule has 4 nitrogen and oxygen atoms in total. The fraction of sp³-hybridized carbons (Fsp3) is 0.0667. The van der Waals surface area contributed by atoms with Crippen LogP contribution in [0.1, 0.15) is 33.4 Å². The summed E-state index contributed by atoms with van der Waals surface area (Å²) >= 11 is 0. The van der Waals surface area contributed by atoms with Crippen LogP contribution in [0.15, 0.2) is 165 Å². The first-order valence-corrected chi connectivity index (χ1v) is 17.1. The molecule has 6 aromatic carbocycles. The van der Waals surface area contributed by atoms with E-state index in [1.807, 2.05) is 4.90 Å². The molecule has 0 bridgehead atoms. The third kappa shape index (κ3) is 9.91. The lowest BCUT2D eigenvalue weighted by molar-refractivity contribution is -0.275. The van der Waals surface area contributed by atoms with E-state index in [-0.39, 0.29) is 0 Å². The van der Waals surface area contributed by atoms with Crippen molar-refractivity contribution < 1.29 is 53.7 Å². The summed E-state index contributed by atoms with van der Waals surface area (Å²) in [6, 6.07) is 37.0. The van der Waals surface area contributed by atoms with Crippen LogP contribution in [0.5, 0.6) is 17.2 Å². The van der Waals surface area contributed by atoms with Crippen LogP contribution in [-0.4, -0.2) is 19.1 Å². The van der Waals surface area contributed by atoms with Crippen LogP contribution in [0.4, 0.5) is 56.6 Å². The van der Waals surface area contributed by atoms with E-state index in [0.29, 0.717) is 67.2 Å². The van der Waals surface area contributed by atoms with Crippen molar-refractivity contribution in [3.63, 3.8) is 0 Å². The molecule has 0 amide bonds. The lowest BCUT2D eigenvalue weighted by Crippen LogP contribution is -2.17. The fourth-order valence-electron chi connectivity index (χ4n) is 6.20. The SMILES string of the molecule is C=C(c1ccc(OC(F)(F)F)cc1)c1ccccc1N(c1ccccc1C(=C)c1ccc(OC(F)(F)F)cc1)c1ccccc1C(=C)c1ccc(OC(F)(F)F)cc1. The first kappa shape index (κ1) is 40.8. The maximum absolute atomic E-state index is 12.9. The van der Waals surface area contributed by atoms with Crippen molar-refractivity contribution >= 4 is 33.8 Å². The Hall–Kier alpha value is -6.89. The van der Waals surface area contributed by atoms with Crippen molar-refractivity contribution in [2.24, 2.45) is 0 Å². The highest BCUT2D eigenvalue weighted by atomic mass is 19.4. The molecule has 0 N–H and O–H groups in total. The molecule has 58 heavy (non-hydrogen) atoms. The van der Waals surface area contributed by atoms with Gasteiger partial charge < -0.3 is 19.1 Å². The van der Waals surface area contributed by atoms with E-state index in [1.165, 1.54) is 72.8 Å². The highest BCUT2D eigenvalue weighted by Gasteiger charge is 2.33. The summed E-state index contributed by atoms with van der Waals surface area (Å²) in [6.45, 7) is 12.9. The Morgan fingerprint density at radius 3 is 0.793 bits per heavy atom. The second-order valence-corrected chi connectivity index (χ2v) is 12.5. The van der Waals surface area contributed by atoms with Crippen LogP contribution >= 0.6 is 0 Å². The van der Waals surface area contributed by atoms with Gasteiger partial charge in [0, 0.05) is 16.7 Å². The molecular weight excluding hydrogens is 773 g/mol. The minimum Gasteiger partial charge on any atom is -0.406 e. The van der Waals surface area contributed by atoms with E-state index < -0.39 is 36.3 Å². The monoisotopic (exact) mass is 803 g/mol. The van der Waals surface area contributed by atoms with E-state index in [2.05, 4.69) is 33.9 Å². The smallest absolute Gasteiger partial charge is 0.406 e. The number of para-hydroxylation sites is 3. The number of hydrogen-bond donors (Lipinski definition) is 0. The Morgan fingerprint density at radius 2 is 0.569 bits per heavy atom. The number of halogens is 9. The van der Waals surface area contributed by atoms with E-state index in [9.17, 15) is 39.5 Å². The Bertz CT molecular complexity index is 2160. The molecule has 0 heterocycles. The van der Waals surface area contributed by atoms with E-state index in [1.54, 1.807) is 72.8 Å². The van der Waals surface area contributed by atoms with E-state index >= 15 is 0 Å². The Kier molecular flexibility index (Phi) is 11.5. The molecule has 0 aliphatic carbocycles. The second-order valence-electron chi connectivity index (χ2n) is 12.5. The molecule has 6 aromatic rings. The summed E-state index contributed by atoms with van der Waals surface area (Å²) in [5.41, 5.74) is 5.94. The third-order valence-corrected chi connectivity index (χ3v) is 8.72. The van der Waals surface area contributed by atoms with Crippen molar-refractivity contribution in [2.75, 3.05) is 4.90 Å². The quantitative estimate of drug-likeness (QED) is 0.115. The largest absolute Gasteiger partial charge is 0.573 e. The number of nitrogens with zero attached hydrogens (tertiary/aromatic N) is 1. The Balaban J connectivity index is 1.50. The molecule has 0 saturated heterocycles. The summed E-state index contributed by atoms with van der Waals surface area (Å²) in [4.78, 5) is 1.88. The molecule has 13 heteroatoms. The normalized spacial score (nSPS) is 11.7. The van der Waals surface area contributed by atoms with Gasteiger partial charge in [0.05, 0.1) is 17.1 Å². The van der Waals surface area contributed by atoms with Crippen molar-refractivity contribution in [1.29, 1.82) is 0 Å². The van der Waals surface area contributed by atoms with Gasteiger partial charge in [-0.3, -0.25) is 0 Å². The number of ether oxygens (including phenoxy) is 3. The van der Waals surface area contributed by atoms with Gasteiger partial charge in [0.1, 0.15) is 17.2 Å². The number of anilines is 3. The summed E-state index contributed by atoms with van der Waals surface area (Å²) in [5.74, 6) is -1.26. The van der Waals surface area contributed by atoms with Crippen LogP contribution in [0.2, 0.25) is 0 Å². The van der Waals surface area contributed by atoms with Crippen LogP contribution in [0, 0.1) is 0 Å². The topological polar surface area (TPSA) is 30.9 Å². The van der Waals surface area contributed by atoms with Gasteiger partial charge in [-0.15, -0.1) is 39.5 Å². The van der Waals surface area contributed by atoms with Crippen LogP contribution in [0.3, 0.4) is 0 Å². The summed E-state index contributed by atoms with van der Waals surface area (Å²) in [5, 5.41) is 0. The molecule has 0 unspecified atom stereocenters. The van der Waals surface area contributed by atoms with Crippen molar-refractivity contribution in [1.82, 2.24) is 0 Å². The summed E-state index contributed by atoms with van der Waals surface area (Å²) in [7, 11) is 0. The molecule has 0 aromatic heterocycles. The van der Waals surface area contributed by atoms with Gasteiger partial charge in [0.25, 0.3) is 0 Å². The molecule has 0 spiro atoms. The molecule has 0 atom stereocenters. The molecule has 6 rings (SSSR count). The zero-order valence-electron chi connectivity index (χ0n) is 30.1. The minimum atomic E-state index is -4.89.